The molecule has 3 heterocycles. The van der Waals surface area contributed by atoms with Gasteiger partial charge in [0.25, 0.3) is 5.91 Å². The summed E-state index contributed by atoms with van der Waals surface area (Å²) in [5.41, 5.74) is 3.09. The fourth-order valence-corrected chi connectivity index (χ4v) is 4.78. The normalized spacial score (nSPS) is 17.7. The van der Waals surface area contributed by atoms with Crippen LogP contribution < -0.4 is 4.90 Å². The smallest absolute Gasteiger partial charge is 0.280 e. The highest BCUT2D eigenvalue weighted by Gasteiger charge is 2.36. The first-order valence-electron chi connectivity index (χ1n) is 11.2. The second-order valence-corrected chi connectivity index (χ2v) is 9.23. The number of aromatic amines is 1. The first-order chi connectivity index (χ1) is 16.1. The SMILES string of the molecule is O=C1/C(=N\n2c(CCc3ccccc3)n[nH]c2=S)c2cc(Cl)ccc2N1CN1CCCCC1. The van der Waals surface area contributed by atoms with Crippen molar-refractivity contribution < 1.29 is 4.79 Å². The van der Waals surface area contributed by atoms with Gasteiger partial charge in [-0.1, -0.05) is 48.4 Å². The van der Waals surface area contributed by atoms with Crippen molar-refractivity contribution in [2.45, 2.75) is 32.1 Å². The van der Waals surface area contributed by atoms with E-state index in [1.807, 2.05) is 30.3 Å². The van der Waals surface area contributed by atoms with E-state index >= 15 is 0 Å². The van der Waals surface area contributed by atoms with Gasteiger partial charge in [0, 0.05) is 17.0 Å². The summed E-state index contributed by atoms with van der Waals surface area (Å²) in [7, 11) is 0. The van der Waals surface area contributed by atoms with Crippen molar-refractivity contribution in [3.8, 4) is 0 Å². The molecular formula is C24H25ClN6OS. The molecule has 2 aliphatic heterocycles. The predicted molar refractivity (Wildman–Crippen MR) is 132 cm³/mol. The molecule has 0 radical (unpaired) electrons. The summed E-state index contributed by atoms with van der Waals surface area (Å²) < 4.78 is 1.93. The van der Waals surface area contributed by atoms with Gasteiger partial charge in [-0.15, -0.1) is 0 Å². The Morgan fingerprint density at radius 1 is 1.06 bits per heavy atom. The number of benzene rings is 2. The van der Waals surface area contributed by atoms with Crippen molar-refractivity contribution in [2.75, 3.05) is 24.7 Å². The number of hydrogen-bond donors (Lipinski definition) is 1. The minimum absolute atomic E-state index is 0.144. The Kier molecular flexibility index (Phi) is 6.39. The van der Waals surface area contributed by atoms with E-state index in [1.54, 1.807) is 15.6 Å². The number of carbonyl (C=O) groups excluding carboxylic acids is 1. The number of H-pyrrole nitrogens is 1. The molecule has 1 fully saturated rings. The van der Waals surface area contributed by atoms with Gasteiger partial charge in [0.15, 0.2) is 11.5 Å². The maximum Gasteiger partial charge on any atom is 0.280 e. The molecule has 7 nitrogen and oxygen atoms in total. The predicted octanol–water partition coefficient (Wildman–Crippen LogP) is 4.42. The number of nitrogens with zero attached hydrogens (tertiary/aromatic N) is 5. The number of carbonyl (C=O) groups is 1. The second kappa shape index (κ2) is 9.59. The van der Waals surface area contributed by atoms with Crippen molar-refractivity contribution in [1.29, 1.82) is 0 Å². The molecule has 1 N–H and O–H groups in total. The molecular weight excluding hydrogens is 456 g/mol. The summed E-state index contributed by atoms with van der Waals surface area (Å²) in [4.78, 5) is 17.6. The van der Waals surface area contributed by atoms with Crippen LogP contribution in [0.1, 0.15) is 36.2 Å². The first-order valence-corrected chi connectivity index (χ1v) is 12.0. The molecule has 2 aliphatic rings. The van der Waals surface area contributed by atoms with Gasteiger partial charge in [-0.05, 0) is 68.3 Å². The van der Waals surface area contributed by atoms with Gasteiger partial charge in [0.2, 0.25) is 4.77 Å². The zero-order valence-electron chi connectivity index (χ0n) is 18.2. The van der Waals surface area contributed by atoms with Gasteiger partial charge in [0.1, 0.15) is 0 Å². The average molecular weight is 481 g/mol. The molecule has 1 amide bonds. The lowest BCUT2D eigenvalue weighted by Gasteiger charge is -2.30. The summed E-state index contributed by atoms with van der Waals surface area (Å²) in [6, 6.07) is 15.7. The fraction of sp³-hybridized carbons (Fsp3) is 0.333. The van der Waals surface area contributed by atoms with E-state index in [-0.39, 0.29) is 5.91 Å². The molecule has 9 heteroatoms. The Morgan fingerprint density at radius 3 is 2.64 bits per heavy atom. The number of halogens is 1. The monoisotopic (exact) mass is 480 g/mol. The third-order valence-corrected chi connectivity index (χ3v) is 6.64. The number of fused-ring (bicyclic) bond motifs is 1. The summed E-state index contributed by atoms with van der Waals surface area (Å²) in [6.07, 6.45) is 5.00. The maximum absolute atomic E-state index is 13.5. The lowest BCUT2D eigenvalue weighted by Crippen LogP contribution is -2.43. The van der Waals surface area contributed by atoms with Gasteiger partial charge in [-0.25, -0.2) is 0 Å². The Bertz CT molecular complexity index is 1250. The average Bonchev–Trinajstić information content (AvgIpc) is 3.31. The quantitative estimate of drug-likeness (QED) is 0.530. The maximum atomic E-state index is 13.5. The molecule has 1 aromatic heterocycles. The minimum atomic E-state index is -0.144. The number of anilines is 1. The number of rotatable bonds is 6. The van der Waals surface area contributed by atoms with E-state index < -0.39 is 0 Å². The van der Waals surface area contributed by atoms with Gasteiger partial charge in [-0.2, -0.15) is 14.9 Å². The lowest BCUT2D eigenvalue weighted by atomic mass is 10.1. The molecule has 0 spiro atoms. The molecule has 1 saturated heterocycles. The van der Waals surface area contributed by atoms with Crippen molar-refractivity contribution in [3.05, 3.63) is 75.3 Å². The minimum Gasteiger partial charge on any atom is -0.293 e. The largest absolute Gasteiger partial charge is 0.293 e. The van der Waals surface area contributed by atoms with Gasteiger partial charge in [-0.3, -0.25) is 19.7 Å². The van der Waals surface area contributed by atoms with Crippen LogP contribution in [0.3, 0.4) is 0 Å². The summed E-state index contributed by atoms with van der Waals surface area (Å²) >= 11 is 11.7. The Labute approximate surface area is 202 Å². The lowest BCUT2D eigenvalue weighted by molar-refractivity contribution is -0.112. The van der Waals surface area contributed by atoms with Crippen LogP contribution in [0.2, 0.25) is 5.02 Å². The highest BCUT2D eigenvalue weighted by Crippen LogP contribution is 2.32. The molecule has 3 aromatic rings. The molecule has 5 rings (SSSR count). The standard InChI is InChI=1S/C24H25ClN6OS/c25-18-10-11-20-19(15-18)22(23(32)30(20)16-29-13-5-2-6-14-29)28-31-21(26-27-24(31)33)12-9-17-7-3-1-4-8-17/h1,3-4,7-8,10-11,15H,2,5-6,9,12-14,16H2,(H,27,33)/b28-22-. The Hall–Kier alpha value is -2.81. The Balaban J connectivity index is 1.47. The van der Waals surface area contributed by atoms with E-state index in [0.29, 0.717) is 34.4 Å². The van der Waals surface area contributed by atoms with Gasteiger partial charge >= 0.3 is 0 Å². The van der Waals surface area contributed by atoms with E-state index in [4.69, 9.17) is 28.9 Å². The van der Waals surface area contributed by atoms with Crippen molar-refractivity contribution in [1.82, 2.24) is 19.8 Å². The van der Waals surface area contributed by atoms with Gasteiger partial charge < -0.3 is 0 Å². The summed E-state index contributed by atoms with van der Waals surface area (Å²) in [5, 5.41) is 12.5. The van der Waals surface area contributed by atoms with Crippen LogP contribution in [0.5, 0.6) is 0 Å². The first kappa shape index (κ1) is 22.0. The fourth-order valence-electron chi connectivity index (χ4n) is 4.41. The second-order valence-electron chi connectivity index (χ2n) is 8.41. The molecule has 0 bridgehead atoms. The number of amides is 1. The van der Waals surface area contributed by atoms with Crippen LogP contribution in [0.25, 0.3) is 0 Å². The number of aryl methyl sites for hydroxylation is 2. The van der Waals surface area contributed by atoms with Crippen LogP contribution in [-0.2, 0) is 17.6 Å². The number of piperidine rings is 1. The molecule has 0 aliphatic carbocycles. The van der Waals surface area contributed by atoms with Crippen molar-refractivity contribution in [3.63, 3.8) is 0 Å². The molecule has 170 valence electrons. The number of likely N-dealkylation sites (tertiary alicyclic amines) is 1. The third kappa shape index (κ3) is 4.64. The topological polar surface area (TPSA) is 69.5 Å². The number of aromatic nitrogens is 3. The van der Waals surface area contributed by atoms with E-state index in [0.717, 1.165) is 43.6 Å². The molecule has 0 atom stereocenters. The van der Waals surface area contributed by atoms with Crippen LogP contribution in [0.4, 0.5) is 5.69 Å². The zero-order chi connectivity index (χ0) is 22.8. The van der Waals surface area contributed by atoms with Gasteiger partial charge in [0.05, 0.1) is 12.4 Å². The summed E-state index contributed by atoms with van der Waals surface area (Å²) in [5.74, 6) is 0.539. The van der Waals surface area contributed by atoms with Crippen molar-refractivity contribution in [2.24, 2.45) is 5.10 Å². The Morgan fingerprint density at radius 2 is 1.85 bits per heavy atom. The van der Waals surface area contributed by atoms with E-state index in [1.165, 1.54) is 12.0 Å². The van der Waals surface area contributed by atoms with Crippen LogP contribution >= 0.6 is 23.8 Å². The van der Waals surface area contributed by atoms with Crippen LogP contribution in [-0.4, -0.2) is 51.2 Å². The molecule has 2 aromatic carbocycles. The van der Waals surface area contributed by atoms with E-state index in [9.17, 15) is 4.79 Å². The number of hydrogen-bond acceptors (Lipinski definition) is 5. The molecule has 33 heavy (non-hydrogen) atoms. The molecule has 0 unspecified atom stereocenters. The van der Waals surface area contributed by atoms with Crippen LogP contribution in [0.15, 0.2) is 53.6 Å². The highest BCUT2D eigenvalue weighted by atomic mass is 35.5. The number of nitrogens with one attached hydrogen (secondary N) is 1. The highest BCUT2D eigenvalue weighted by molar-refractivity contribution is 7.71. The van der Waals surface area contributed by atoms with Crippen molar-refractivity contribution >= 4 is 41.1 Å². The van der Waals surface area contributed by atoms with E-state index in [2.05, 4.69) is 27.2 Å². The third-order valence-electron chi connectivity index (χ3n) is 6.14. The van der Waals surface area contributed by atoms with Crippen LogP contribution in [0, 0.1) is 4.77 Å². The zero-order valence-corrected chi connectivity index (χ0v) is 19.8. The summed E-state index contributed by atoms with van der Waals surface area (Å²) in [6.45, 7) is 2.54. The molecule has 0 saturated carbocycles.